The fourth-order valence-electron chi connectivity index (χ4n) is 4.15. The maximum atomic E-state index is 11.7. The SMILES string of the molecule is C=C1[C@H](CO)[C@@H](O)C[C@@H]1n1cnc2c(=O)[nH]c(N)nc21.Nc1ncnc2c1ncn2CCOCP(=O)(O)O. The van der Waals surface area contributed by atoms with Gasteiger partial charge in [-0.1, -0.05) is 6.58 Å². The van der Waals surface area contributed by atoms with Crippen molar-refractivity contribution in [1.82, 2.24) is 39.0 Å². The average molecular weight is 550 g/mol. The van der Waals surface area contributed by atoms with Crippen LogP contribution < -0.4 is 17.0 Å². The zero-order valence-corrected chi connectivity index (χ0v) is 20.8. The van der Waals surface area contributed by atoms with E-state index in [0.717, 1.165) is 0 Å². The molecule has 4 aromatic rings. The number of nitrogen functional groups attached to an aromatic ring is 2. The van der Waals surface area contributed by atoms with E-state index in [2.05, 4.69) is 36.5 Å². The Balaban J connectivity index is 0.000000178. The van der Waals surface area contributed by atoms with Gasteiger partial charge in [0.2, 0.25) is 5.95 Å². The molecule has 1 aliphatic rings. The van der Waals surface area contributed by atoms with Crippen LogP contribution in [0.2, 0.25) is 0 Å². The number of aliphatic hydroxyl groups excluding tert-OH is 2. The standard InChI is InChI=1S/C12H15N5O3.C8H12N5O4P/c1-5-6(3-18)8(19)2-7(5)17-4-14-9-10(17)15-12(13)16-11(9)20;9-7-6-8(11-3-10-7)13(4-12-6)1-2-17-5-18(14,15)16/h4,6-8,18-19H,1-3H2,(H3,13,15,16,20);3-4H,1-2,5H2,(H2,9,10,11)(H2,14,15,16)/t6-,7-,8-;/m0./s1. The zero-order chi connectivity index (χ0) is 27.6. The molecule has 4 aromatic heterocycles. The Labute approximate surface area is 214 Å². The summed E-state index contributed by atoms with van der Waals surface area (Å²) in [5, 5.41) is 19.2. The molecule has 18 heteroatoms. The van der Waals surface area contributed by atoms with Gasteiger partial charge in [0.15, 0.2) is 22.6 Å². The van der Waals surface area contributed by atoms with Gasteiger partial charge < -0.3 is 45.3 Å². The third-order valence-electron chi connectivity index (χ3n) is 5.98. The van der Waals surface area contributed by atoms with Gasteiger partial charge in [-0.15, -0.1) is 0 Å². The maximum absolute atomic E-state index is 11.7. The van der Waals surface area contributed by atoms with E-state index in [1.54, 1.807) is 9.13 Å². The number of aromatic amines is 1. The summed E-state index contributed by atoms with van der Waals surface area (Å²) in [6.45, 7) is 4.27. The molecule has 0 spiro atoms. The molecule has 1 aliphatic carbocycles. The molecular weight excluding hydrogens is 523 g/mol. The van der Waals surface area contributed by atoms with Crippen LogP contribution in [-0.2, 0) is 15.8 Å². The number of nitrogens with two attached hydrogens (primary N) is 2. The largest absolute Gasteiger partial charge is 0.396 e. The first-order valence-corrected chi connectivity index (χ1v) is 13.0. The van der Waals surface area contributed by atoms with Crippen LogP contribution in [0.1, 0.15) is 12.5 Å². The topological polar surface area (TPSA) is 266 Å². The molecule has 0 aliphatic heterocycles. The highest BCUT2D eigenvalue weighted by Gasteiger charge is 2.37. The minimum absolute atomic E-state index is 0.00659. The molecule has 0 aromatic carbocycles. The quantitative estimate of drug-likeness (QED) is 0.0803. The second kappa shape index (κ2) is 10.9. The van der Waals surface area contributed by atoms with Gasteiger partial charge in [0.05, 0.1) is 38.0 Å². The van der Waals surface area contributed by atoms with Crippen LogP contribution in [0.4, 0.5) is 11.8 Å². The average Bonchev–Trinajstić information content (AvgIpc) is 3.52. The van der Waals surface area contributed by atoms with Gasteiger partial charge in [0, 0.05) is 12.5 Å². The minimum atomic E-state index is -4.12. The Bertz CT molecular complexity index is 1560. The van der Waals surface area contributed by atoms with Gasteiger partial charge in [-0.05, 0) is 12.0 Å². The number of aromatic nitrogens is 8. The van der Waals surface area contributed by atoms with Gasteiger partial charge in [-0.2, -0.15) is 4.98 Å². The van der Waals surface area contributed by atoms with Crippen LogP contribution >= 0.6 is 7.60 Å². The molecule has 0 amide bonds. The van der Waals surface area contributed by atoms with Gasteiger partial charge in [0.25, 0.3) is 5.56 Å². The Kier molecular flexibility index (Phi) is 7.86. The van der Waals surface area contributed by atoms with Crippen molar-refractivity contribution >= 4 is 41.7 Å². The first kappa shape index (κ1) is 27.3. The second-order valence-corrected chi connectivity index (χ2v) is 10.1. The highest BCUT2D eigenvalue weighted by Crippen LogP contribution is 2.39. The summed E-state index contributed by atoms with van der Waals surface area (Å²) in [6.07, 6.45) is 3.45. The van der Waals surface area contributed by atoms with Gasteiger partial charge in [0.1, 0.15) is 18.2 Å². The fourth-order valence-corrected chi connectivity index (χ4v) is 4.52. The van der Waals surface area contributed by atoms with Crippen molar-refractivity contribution in [1.29, 1.82) is 0 Å². The molecule has 1 fully saturated rings. The first-order chi connectivity index (χ1) is 18.0. The number of H-pyrrole nitrogens is 1. The molecule has 3 atom stereocenters. The summed E-state index contributed by atoms with van der Waals surface area (Å²) >= 11 is 0. The number of anilines is 2. The lowest BCUT2D eigenvalue weighted by molar-refractivity contribution is 0.101. The summed E-state index contributed by atoms with van der Waals surface area (Å²) in [5.41, 5.74) is 13.0. The van der Waals surface area contributed by atoms with E-state index in [9.17, 15) is 19.6 Å². The number of imidazole rings is 2. The minimum Gasteiger partial charge on any atom is -0.396 e. The summed E-state index contributed by atoms with van der Waals surface area (Å²) in [5.74, 6) is -0.0844. The molecule has 0 radical (unpaired) electrons. The number of hydrogen-bond donors (Lipinski definition) is 7. The lowest BCUT2D eigenvalue weighted by Crippen LogP contribution is -2.17. The molecule has 4 heterocycles. The predicted molar refractivity (Wildman–Crippen MR) is 135 cm³/mol. The van der Waals surface area contributed by atoms with Crippen LogP contribution in [0.3, 0.4) is 0 Å². The molecule has 1 saturated carbocycles. The Morgan fingerprint density at radius 1 is 1.16 bits per heavy atom. The summed E-state index contributed by atoms with van der Waals surface area (Å²) < 4.78 is 18.8. The lowest BCUT2D eigenvalue weighted by Gasteiger charge is -2.15. The number of fused-ring (bicyclic) bond motifs is 2. The molecule has 38 heavy (non-hydrogen) atoms. The molecule has 204 valence electrons. The predicted octanol–water partition coefficient (Wildman–Crippen LogP) is -1.27. The van der Waals surface area contributed by atoms with E-state index in [4.69, 9.17) is 26.0 Å². The molecular formula is C20H27N10O7P. The van der Waals surface area contributed by atoms with E-state index in [1.165, 1.54) is 19.0 Å². The highest BCUT2D eigenvalue weighted by atomic mass is 31.2. The van der Waals surface area contributed by atoms with E-state index in [-0.39, 0.29) is 42.5 Å². The summed E-state index contributed by atoms with van der Waals surface area (Å²) in [4.78, 5) is 51.3. The summed E-state index contributed by atoms with van der Waals surface area (Å²) in [7, 11) is -4.12. The second-order valence-electron chi connectivity index (χ2n) is 8.53. The Morgan fingerprint density at radius 3 is 2.58 bits per heavy atom. The van der Waals surface area contributed by atoms with E-state index >= 15 is 0 Å². The van der Waals surface area contributed by atoms with Crippen LogP contribution in [-0.4, -0.2) is 84.7 Å². The Morgan fingerprint density at radius 2 is 1.89 bits per heavy atom. The smallest absolute Gasteiger partial charge is 0.350 e. The third-order valence-corrected chi connectivity index (χ3v) is 6.50. The van der Waals surface area contributed by atoms with Crippen LogP contribution in [0, 0.1) is 5.92 Å². The van der Waals surface area contributed by atoms with Crippen molar-refractivity contribution in [2.75, 3.05) is 31.0 Å². The van der Waals surface area contributed by atoms with Crippen molar-refractivity contribution in [2.24, 2.45) is 5.92 Å². The maximum Gasteiger partial charge on any atom is 0.350 e. The van der Waals surface area contributed by atoms with Gasteiger partial charge >= 0.3 is 7.60 Å². The van der Waals surface area contributed by atoms with Crippen molar-refractivity contribution in [2.45, 2.75) is 25.1 Å². The number of rotatable bonds is 7. The zero-order valence-electron chi connectivity index (χ0n) is 20.0. The van der Waals surface area contributed by atoms with Gasteiger partial charge in [-0.3, -0.25) is 14.3 Å². The molecule has 0 bridgehead atoms. The number of hydrogen-bond acceptors (Lipinski definition) is 12. The number of aliphatic hydroxyl groups is 2. The third kappa shape index (κ3) is 5.72. The lowest BCUT2D eigenvalue weighted by atomic mass is 10.0. The fraction of sp³-hybridized carbons (Fsp3) is 0.400. The van der Waals surface area contributed by atoms with Crippen molar-refractivity contribution in [3.05, 3.63) is 41.5 Å². The van der Waals surface area contributed by atoms with E-state index < -0.39 is 25.6 Å². The molecule has 9 N–H and O–H groups in total. The summed E-state index contributed by atoms with van der Waals surface area (Å²) in [6, 6.07) is -0.263. The molecule has 0 saturated heterocycles. The van der Waals surface area contributed by atoms with Crippen LogP contribution in [0.5, 0.6) is 0 Å². The number of nitrogens with zero attached hydrogens (tertiary/aromatic N) is 7. The van der Waals surface area contributed by atoms with Crippen LogP contribution in [0.25, 0.3) is 22.3 Å². The van der Waals surface area contributed by atoms with Crippen molar-refractivity contribution < 1.29 is 29.3 Å². The van der Waals surface area contributed by atoms with E-state index in [0.29, 0.717) is 35.3 Å². The molecule has 0 unspecified atom stereocenters. The first-order valence-electron chi connectivity index (χ1n) is 11.2. The van der Waals surface area contributed by atoms with Crippen molar-refractivity contribution in [3.8, 4) is 0 Å². The monoisotopic (exact) mass is 550 g/mol. The highest BCUT2D eigenvalue weighted by molar-refractivity contribution is 7.51. The Hall–Kier alpha value is -3.73. The number of ether oxygens (including phenoxy) is 1. The molecule has 17 nitrogen and oxygen atoms in total. The van der Waals surface area contributed by atoms with E-state index in [1.807, 2.05) is 0 Å². The van der Waals surface area contributed by atoms with Crippen LogP contribution in [0.15, 0.2) is 35.9 Å². The van der Waals surface area contributed by atoms with Crippen molar-refractivity contribution in [3.63, 3.8) is 0 Å². The molecule has 5 rings (SSSR count). The normalized spacial score (nSPS) is 19.7. The number of nitrogens with one attached hydrogen (secondary N) is 1. The van der Waals surface area contributed by atoms with Gasteiger partial charge in [-0.25, -0.2) is 19.9 Å².